The van der Waals surface area contributed by atoms with Crippen LogP contribution < -0.4 is 5.32 Å². The van der Waals surface area contributed by atoms with Crippen molar-refractivity contribution in [2.75, 3.05) is 14.1 Å². The molecule has 16 heavy (non-hydrogen) atoms. The van der Waals surface area contributed by atoms with Crippen LogP contribution in [0, 0.1) is 0 Å². The zero-order valence-electron chi connectivity index (χ0n) is 11.2. The van der Waals surface area contributed by atoms with Gasteiger partial charge in [-0.2, -0.15) is 0 Å². The van der Waals surface area contributed by atoms with Crippen LogP contribution >= 0.6 is 0 Å². The van der Waals surface area contributed by atoms with Gasteiger partial charge in [-0.3, -0.25) is 0 Å². The molecule has 0 bridgehead atoms. The molecule has 0 unspecified atom stereocenters. The van der Waals surface area contributed by atoms with Crippen LogP contribution in [0.1, 0.15) is 31.9 Å². The Balaban J connectivity index is 2.71. The van der Waals surface area contributed by atoms with Crippen molar-refractivity contribution in [1.29, 1.82) is 0 Å². The average Bonchev–Trinajstić information content (AvgIpc) is 2.14. The summed E-state index contributed by atoms with van der Waals surface area (Å²) in [5, 5.41) is 3.53. The van der Waals surface area contributed by atoms with Crippen molar-refractivity contribution in [3.05, 3.63) is 35.4 Å². The summed E-state index contributed by atoms with van der Waals surface area (Å²) in [6.07, 6.45) is 0. The molecule has 0 heterocycles. The van der Waals surface area contributed by atoms with Crippen molar-refractivity contribution in [3.63, 3.8) is 0 Å². The van der Waals surface area contributed by atoms with Crippen LogP contribution in [0.5, 0.6) is 0 Å². The molecule has 0 fully saturated rings. The van der Waals surface area contributed by atoms with Crippen molar-refractivity contribution in [1.82, 2.24) is 10.2 Å². The minimum atomic E-state index is 0.172. The minimum absolute atomic E-state index is 0.172. The topological polar surface area (TPSA) is 15.3 Å². The number of hydrogen-bond acceptors (Lipinski definition) is 2. The van der Waals surface area contributed by atoms with Crippen molar-refractivity contribution < 1.29 is 0 Å². The Hall–Kier alpha value is -0.860. The summed E-state index contributed by atoms with van der Waals surface area (Å²) in [5.41, 5.74) is 2.97. The van der Waals surface area contributed by atoms with Gasteiger partial charge in [-0.15, -0.1) is 0 Å². The van der Waals surface area contributed by atoms with E-state index in [-0.39, 0.29) is 5.54 Å². The van der Waals surface area contributed by atoms with Gasteiger partial charge in [-0.05, 0) is 46.0 Å². The SMILES string of the molecule is CN(C)Cc1ccccc1CNC(C)(C)C. The summed E-state index contributed by atoms with van der Waals surface area (Å²) < 4.78 is 0. The maximum absolute atomic E-state index is 3.53. The zero-order valence-corrected chi connectivity index (χ0v) is 11.2. The largest absolute Gasteiger partial charge is 0.308 e. The smallest absolute Gasteiger partial charge is 0.0230 e. The highest BCUT2D eigenvalue weighted by Crippen LogP contribution is 2.12. The van der Waals surface area contributed by atoms with E-state index in [1.807, 2.05) is 0 Å². The van der Waals surface area contributed by atoms with Crippen LogP contribution in [-0.4, -0.2) is 24.5 Å². The van der Waals surface area contributed by atoms with Crippen molar-refractivity contribution >= 4 is 0 Å². The molecule has 1 N–H and O–H groups in total. The second-order valence-corrected chi connectivity index (χ2v) is 5.61. The van der Waals surface area contributed by atoms with Gasteiger partial charge < -0.3 is 10.2 Å². The van der Waals surface area contributed by atoms with E-state index in [1.165, 1.54) is 11.1 Å². The maximum Gasteiger partial charge on any atom is 0.0230 e. The molecule has 0 spiro atoms. The first-order chi connectivity index (χ1) is 7.38. The Labute approximate surface area is 99.7 Å². The first-order valence-electron chi connectivity index (χ1n) is 5.85. The highest BCUT2D eigenvalue weighted by molar-refractivity contribution is 5.27. The molecule has 0 aliphatic carbocycles. The summed E-state index contributed by atoms with van der Waals surface area (Å²) >= 11 is 0. The molecule has 0 aromatic heterocycles. The Morgan fingerprint density at radius 3 is 2.12 bits per heavy atom. The number of rotatable bonds is 4. The normalized spacial score (nSPS) is 12.1. The van der Waals surface area contributed by atoms with Crippen molar-refractivity contribution in [3.8, 4) is 0 Å². The molecule has 2 nitrogen and oxygen atoms in total. The lowest BCUT2D eigenvalue weighted by Crippen LogP contribution is -2.35. The molecular formula is C14H24N2. The molecule has 1 rings (SSSR count). The molecule has 1 aromatic carbocycles. The Morgan fingerprint density at radius 2 is 1.62 bits per heavy atom. The molecule has 0 saturated carbocycles. The Morgan fingerprint density at radius 1 is 1.06 bits per heavy atom. The van der Waals surface area contributed by atoms with E-state index in [9.17, 15) is 0 Å². The molecule has 0 aliphatic heterocycles. The standard InChI is InChI=1S/C14H24N2/c1-14(2,3)15-10-12-8-6-7-9-13(12)11-16(4)5/h6-9,15H,10-11H2,1-5H3. The highest BCUT2D eigenvalue weighted by atomic mass is 15.0. The lowest BCUT2D eigenvalue weighted by Gasteiger charge is -2.22. The third kappa shape index (κ3) is 4.77. The fourth-order valence-electron chi connectivity index (χ4n) is 1.59. The quantitative estimate of drug-likeness (QED) is 0.839. The van der Waals surface area contributed by atoms with Crippen LogP contribution in [0.15, 0.2) is 24.3 Å². The van der Waals surface area contributed by atoms with E-state index in [0.29, 0.717) is 0 Å². The molecule has 0 radical (unpaired) electrons. The van der Waals surface area contributed by atoms with Crippen molar-refractivity contribution in [2.24, 2.45) is 0 Å². The fourth-order valence-corrected chi connectivity index (χ4v) is 1.59. The molecule has 2 heteroatoms. The van der Waals surface area contributed by atoms with Gasteiger partial charge in [0.2, 0.25) is 0 Å². The van der Waals surface area contributed by atoms with Gasteiger partial charge in [0.15, 0.2) is 0 Å². The second-order valence-electron chi connectivity index (χ2n) is 5.61. The Bertz CT molecular complexity index is 324. The van der Waals surface area contributed by atoms with Gasteiger partial charge in [0.25, 0.3) is 0 Å². The van der Waals surface area contributed by atoms with Gasteiger partial charge in [0.05, 0.1) is 0 Å². The van der Waals surface area contributed by atoms with E-state index >= 15 is 0 Å². The van der Waals surface area contributed by atoms with Crippen LogP contribution in [0.4, 0.5) is 0 Å². The third-order valence-corrected chi connectivity index (χ3v) is 2.41. The highest BCUT2D eigenvalue weighted by Gasteiger charge is 2.10. The number of nitrogens with zero attached hydrogens (tertiary/aromatic N) is 1. The molecule has 90 valence electrons. The predicted molar refractivity (Wildman–Crippen MR) is 70.4 cm³/mol. The van der Waals surface area contributed by atoms with Gasteiger partial charge in [-0.1, -0.05) is 24.3 Å². The molecule has 0 aliphatic rings. The number of hydrogen-bond donors (Lipinski definition) is 1. The summed E-state index contributed by atoms with van der Waals surface area (Å²) in [7, 11) is 4.21. The molecule has 1 aromatic rings. The van der Waals surface area contributed by atoms with Crippen LogP contribution in [0.3, 0.4) is 0 Å². The molecular weight excluding hydrogens is 196 g/mol. The first-order valence-corrected chi connectivity index (χ1v) is 5.85. The Kier molecular flexibility index (Phi) is 4.51. The first kappa shape index (κ1) is 13.2. The van der Waals surface area contributed by atoms with E-state index in [0.717, 1.165) is 13.1 Å². The molecule has 0 atom stereocenters. The van der Waals surface area contributed by atoms with Gasteiger partial charge in [0, 0.05) is 18.6 Å². The summed E-state index contributed by atoms with van der Waals surface area (Å²) in [6.45, 7) is 8.53. The van der Waals surface area contributed by atoms with E-state index in [1.54, 1.807) is 0 Å². The summed E-state index contributed by atoms with van der Waals surface area (Å²) in [6, 6.07) is 8.63. The monoisotopic (exact) mass is 220 g/mol. The number of nitrogens with one attached hydrogen (secondary N) is 1. The zero-order chi connectivity index (χ0) is 12.2. The average molecular weight is 220 g/mol. The van der Waals surface area contributed by atoms with Crippen molar-refractivity contribution in [2.45, 2.75) is 39.4 Å². The maximum atomic E-state index is 3.53. The number of benzene rings is 1. The fraction of sp³-hybridized carbons (Fsp3) is 0.571. The minimum Gasteiger partial charge on any atom is -0.308 e. The third-order valence-electron chi connectivity index (χ3n) is 2.41. The van der Waals surface area contributed by atoms with Crippen LogP contribution in [0.25, 0.3) is 0 Å². The summed E-state index contributed by atoms with van der Waals surface area (Å²) in [5.74, 6) is 0. The van der Waals surface area contributed by atoms with E-state index in [2.05, 4.69) is 69.3 Å². The van der Waals surface area contributed by atoms with Gasteiger partial charge in [-0.25, -0.2) is 0 Å². The van der Waals surface area contributed by atoms with Crippen LogP contribution in [0.2, 0.25) is 0 Å². The predicted octanol–water partition coefficient (Wildman–Crippen LogP) is 2.64. The molecule has 0 amide bonds. The second kappa shape index (κ2) is 5.46. The van der Waals surface area contributed by atoms with E-state index < -0.39 is 0 Å². The lowest BCUT2D eigenvalue weighted by atomic mass is 10.0. The molecule has 0 saturated heterocycles. The van der Waals surface area contributed by atoms with Gasteiger partial charge >= 0.3 is 0 Å². The van der Waals surface area contributed by atoms with E-state index in [4.69, 9.17) is 0 Å². The lowest BCUT2D eigenvalue weighted by molar-refractivity contribution is 0.394. The summed E-state index contributed by atoms with van der Waals surface area (Å²) in [4.78, 5) is 2.20. The van der Waals surface area contributed by atoms with Crippen LogP contribution in [-0.2, 0) is 13.1 Å². The van der Waals surface area contributed by atoms with Gasteiger partial charge in [0.1, 0.15) is 0 Å².